The molecule has 0 bridgehead atoms. The molecule has 2 fully saturated rings. The molecule has 0 amide bonds. The minimum atomic E-state index is 0.478. The van der Waals surface area contributed by atoms with Gasteiger partial charge in [0.05, 0.1) is 0 Å². The fraction of sp³-hybridized carbons (Fsp3) is 0.677. The SMILES string of the molecule is CCCCCCCCCCc1cnc(C2CCC(Cc3cc(CCCC)ccc3Oc3ccc(CCCC)cc3CC3CCC(c4ncc(CCCCCCCCCC)cn4)CC3)CC2)nc1. The van der Waals surface area contributed by atoms with Gasteiger partial charge in [0.1, 0.15) is 23.1 Å². The molecule has 2 heterocycles. The molecule has 6 rings (SSSR count). The van der Waals surface area contributed by atoms with E-state index in [1.807, 2.05) is 0 Å². The van der Waals surface area contributed by atoms with Crippen LogP contribution in [0.2, 0.25) is 0 Å². The number of unbranched alkanes of at least 4 members (excludes halogenated alkanes) is 16. The van der Waals surface area contributed by atoms with Gasteiger partial charge in [-0.25, -0.2) is 19.9 Å². The third kappa shape index (κ3) is 18.7. The van der Waals surface area contributed by atoms with Crippen LogP contribution in [-0.4, -0.2) is 19.9 Å². The summed E-state index contributed by atoms with van der Waals surface area (Å²) in [6.07, 6.45) is 51.4. The maximum Gasteiger partial charge on any atom is 0.131 e. The Labute approximate surface area is 410 Å². The van der Waals surface area contributed by atoms with Gasteiger partial charge in [0.2, 0.25) is 0 Å². The van der Waals surface area contributed by atoms with Gasteiger partial charge in [-0.1, -0.05) is 155 Å². The molecule has 0 saturated heterocycles. The number of ether oxygens (including phenoxy) is 1. The van der Waals surface area contributed by atoms with E-state index in [2.05, 4.69) is 88.9 Å². The van der Waals surface area contributed by atoms with Crippen LogP contribution in [0.5, 0.6) is 11.5 Å². The van der Waals surface area contributed by atoms with E-state index in [0.29, 0.717) is 23.7 Å². The predicted molar refractivity (Wildman–Crippen MR) is 284 cm³/mol. The number of rotatable bonds is 32. The lowest BCUT2D eigenvalue weighted by molar-refractivity contribution is 0.312. The summed E-state index contributed by atoms with van der Waals surface area (Å²) >= 11 is 0. The number of hydrogen-bond acceptors (Lipinski definition) is 5. The van der Waals surface area contributed by atoms with Crippen LogP contribution in [0.15, 0.2) is 61.2 Å². The molecule has 2 saturated carbocycles. The van der Waals surface area contributed by atoms with Crippen molar-refractivity contribution in [3.63, 3.8) is 0 Å². The molecule has 0 atom stereocenters. The number of benzene rings is 2. The Kier molecular flexibility index (Phi) is 24.3. The van der Waals surface area contributed by atoms with Gasteiger partial charge < -0.3 is 4.74 Å². The zero-order chi connectivity index (χ0) is 46.7. The lowest BCUT2D eigenvalue weighted by Crippen LogP contribution is -2.18. The highest BCUT2D eigenvalue weighted by Crippen LogP contribution is 2.41. The zero-order valence-electron chi connectivity index (χ0n) is 43.3. The summed E-state index contributed by atoms with van der Waals surface area (Å²) in [4.78, 5) is 19.7. The zero-order valence-corrected chi connectivity index (χ0v) is 43.3. The second-order valence-corrected chi connectivity index (χ2v) is 21.4. The van der Waals surface area contributed by atoms with Crippen molar-refractivity contribution in [1.82, 2.24) is 19.9 Å². The van der Waals surface area contributed by atoms with Crippen LogP contribution in [-0.2, 0) is 38.5 Å². The first-order chi connectivity index (χ1) is 33.0. The molecule has 4 aromatic rings. The Morgan fingerprint density at radius 3 is 1.06 bits per heavy atom. The highest BCUT2D eigenvalue weighted by molar-refractivity contribution is 5.45. The predicted octanol–water partition coefficient (Wildman–Crippen LogP) is 18.1. The van der Waals surface area contributed by atoms with E-state index >= 15 is 0 Å². The third-order valence-electron chi connectivity index (χ3n) is 15.6. The van der Waals surface area contributed by atoms with Gasteiger partial charge in [0.15, 0.2) is 0 Å². The molecule has 2 aliphatic rings. The second-order valence-electron chi connectivity index (χ2n) is 21.4. The van der Waals surface area contributed by atoms with E-state index in [4.69, 9.17) is 24.7 Å². The molecule has 0 unspecified atom stereocenters. The molecule has 67 heavy (non-hydrogen) atoms. The first kappa shape index (κ1) is 52.8. The Hall–Kier alpha value is -3.60. The van der Waals surface area contributed by atoms with Crippen molar-refractivity contribution in [2.75, 3.05) is 0 Å². The van der Waals surface area contributed by atoms with Crippen molar-refractivity contribution in [2.24, 2.45) is 11.8 Å². The first-order valence-corrected chi connectivity index (χ1v) is 28.6. The average Bonchev–Trinajstić information content (AvgIpc) is 3.36. The number of hydrogen-bond donors (Lipinski definition) is 0. The van der Waals surface area contributed by atoms with Crippen LogP contribution in [0.4, 0.5) is 0 Å². The third-order valence-corrected chi connectivity index (χ3v) is 15.6. The Bertz CT molecular complexity index is 1770. The van der Waals surface area contributed by atoms with Crippen molar-refractivity contribution in [2.45, 2.75) is 258 Å². The molecule has 2 aliphatic carbocycles. The Morgan fingerprint density at radius 2 is 0.701 bits per heavy atom. The van der Waals surface area contributed by atoms with Crippen LogP contribution in [0, 0.1) is 11.8 Å². The molecule has 5 nitrogen and oxygen atoms in total. The van der Waals surface area contributed by atoms with Crippen molar-refractivity contribution in [1.29, 1.82) is 0 Å². The Balaban J connectivity index is 1.02. The summed E-state index contributed by atoms with van der Waals surface area (Å²) in [6.45, 7) is 9.19. The van der Waals surface area contributed by atoms with E-state index in [0.717, 1.165) is 61.7 Å². The summed E-state index contributed by atoms with van der Waals surface area (Å²) in [6, 6.07) is 14.3. The summed E-state index contributed by atoms with van der Waals surface area (Å²) in [5, 5.41) is 0. The van der Waals surface area contributed by atoms with Crippen LogP contribution in [0.1, 0.15) is 264 Å². The fourth-order valence-electron chi connectivity index (χ4n) is 11.2. The molecular weight excluding hydrogens is 817 g/mol. The number of aryl methyl sites for hydroxylation is 4. The molecule has 2 aromatic heterocycles. The van der Waals surface area contributed by atoms with Crippen molar-refractivity contribution in [3.05, 3.63) is 106 Å². The highest BCUT2D eigenvalue weighted by Gasteiger charge is 2.27. The van der Waals surface area contributed by atoms with E-state index in [1.165, 1.54) is 213 Å². The summed E-state index contributed by atoms with van der Waals surface area (Å²) in [7, 11) is 0. The van der Waals surface area contributed by atoms with Gasteiger partial charge >= 0.3 is 0 Å². The molecule has 0 aliphatic heterocycles. The van der Waals surface area contributed by atoms with Crippen molar-refractivity contribution in [3.8, 4) is 11.5 Å². The van der Waals surface area contributed by atoms with Gasteiger partial charge in [-0.15, -0.1) is 0 Å². The monoisotopic (exact) mass is 911 g/mol. The fourth-order valence-corrected chi connectivity index (χ4v) is 11.2. The minimum absolute atomic E-state index is 0.478. The molecule has 5 heteroatoms. The second kappa shape index (κ2) is 30.8. The number of nitrogens with zero attached hydrogens (tertiary/aromatic N) is 4. The molecule has 0 spiro atoms. The van der Waals surface area contributed by atoms with Crippen LogP contribution >= 0.6 is 0 Å². The van der Waals surface area contributed by atoms with Crippen molar-refractivity contribution < 1.29 is 4.74 Å². The molecular formula is C62H94N4O. The molecule has 0 N–H and O–H groups in total. The van der Waals surface area contributed by atoms with Crippen LogP contribution in [0.3, 0.4) is 0 Å². The average molecular weight is 911 g/mol. The van der Waals surface area contributed by atoms with E-state index in [9.17, 15) is 0 Å². The number of aromatic nitrogens is 4. The molecule has 2 aromatic carbocycles. The van der Waals surface area contributed by atoms with Crippen molar-refractivity contribution >= 4 is 0 Å². The van der Waals surface area contributed by atoms with Gasteiger partial charge in [-0.05, 0) is 173 Å². The van der Waals surface area contributed by atoms with E-state index < -0.39 is 0 Å². The van der Waals surface area contributed by atoms with Crippen LogP contribution in [0.25, 0.3) is 0 Å². The lowest BCUT2D eigenvalue weighted by Gasteiger charge is -2.29. The van der Waals surface area contributed by atoms with E-state index in [-0.39, 0.29) is 0 Å². The van der Waals surface area contributed by atoms with Gasteiger partial charge in [-0.2, -0.15) is 0 Å². The Morgan fingerprint density at radius 1 is 0.373 bits per heavy atom. The standard InChI is InChI=1S/C62H94N4O/c1-5-9-13-15-17-19-21-23-27-53-45-63-61(64-46-53)55-35-29-51(30-36-55)43-57-41-49(25-11-7-3)33-39-59(57)67-60-40-34-50(26-12-8-4)42-58(60)44-52-31-37-56(38-32-52)62-65-47-54(48-66-62)28-24-22-20-18-16-14-10-6-2/h33-34,39-42,45-48,51-52,55-56H,5-32,35-38,43-44H2,1-4H3. The van der Waals surface area contributed by atoms with Crippen LogP contribution < -0.4 is 4.74 Å². The minimum Gasteiger partial charge on any atom is -0.457 e. The lowest BCUT2D eigenvalue weighted by atomic mass is 9.78. The normalized spacial score (nSPS) is 18.6. The topological polar surface area (TPSA) is 60.8 Å². The quantitative estimate of drug-likeness (QED) is 0.0457. The van der Waals surface area contributed by atoms with Gasteiger partial charge in [0.25, 0.3) is 0 Å². The smallest absolute Gasteiger partial charge is 0.131 e. The molecule has 0 radical (unpaired) electrons. The first-order valence-electron chi connectivity index (χ1n) is 28.6. The van der Waals surface area contributed by atoms with Gasteiger partial charge in [-0.3, -0.25) is 0 Å². The van der Waals surface area contributed by atoms with E-state index in [1.54, 1.807) is 0 Å². The highest BCUT2D eigenvalue weighted by atomic mass is 16.5. The maximum atomic E-state index is 7.13. The largest absolute Gasteiger partial charge is 0.457 e. The summed E-state index contributed by atoms with van der Waals surface area (Å²) in [5.74, 6) is 6.53. The molecule has 368 valence electrons. The maximum absolute atomic E-state index is 7.13. The summed E-state index contributed by atoms with van der Waals surface area (Å²) < 4.78 is 7.13. The summed E-state index contributed by atoms with van der Waals surface area (Å²) in [5.41, 5.74) is 8.30. The van der Waals surface area contributed by atoms with Gasteiger partial charge in [0, 0.05) is 36.6 Å².